The molecule has 1 amide bonds. The summed E-state index contributed by atoms with van der Waals surface area (Å²) in [6, 6.07) is 0.274. The average molecular weight is 267 g/mol. The van der Waals surface area contributed by atoms with Crippen molar-refractivity contribution in [3.05, 3.63) is 0 Å². The van der Waals surface area contributed by atoms with Crippen molar-refractivity contribution in [3.63, 3.8) is 0 Å². The van der Waals surface area contributed by atoms with Crippen molar-refractivity contribution >= 4 is 11.9 Å². The molecule has 1 atom stereocenters. The average Bonchev–Trinajstić information content (AvgIpc) is 2.70. The molecule has 0 radical (unpaired) electrons. The lowest BCUT2D eigenvalue weighted by Gasteiger charge is -2.40. The van der Waals surface area contributed by atoms with E-state index >= 15 is 0 Å². The first kappa shape index (κ1) is 14.4. The molecule has 1 N–H and O–H groups in total. The highest BCUT2D eigenvalue weighted by Gasteiger charge is 2.40. The van der Waals surface area contributed by atoms with Crippen LogP contribution in [0.5, 0.6) is 0 Å². The van der Waals surface area contributed by atoms with Crippen molar-refractivity contribution in [2.75, 3.05) is 6.54 Å². The number of rotatable bonds is 2. The zero-order valence-corrected chi connectivity index (χ0v) is 12.2. The van der Waals surface area contributed by atoms with E-state index in [9.17, 15) is 9.59 Å². The molecule has 1 aliphatic carbocycles. The number of carboxylic acid groups (broad SMARTS) is 1. The first-order chi connectivity index (χ1) is 8.79. The van der Waals surface area contributed by atoms with E-state index in [1.165, 1.54) is 0 Å². The molecule has 0 bridgehead atoms. The summed E-state index contributed by atoms with van der Waals surface area (Å²) < 4.78 is 0. The molecule has 1 saturated carbocycles. The number of amides is 1. The van der Waals surface area contributed by atoms with Gasteiger partial charge in [0.25, 0.3) is 0 Å². The summed E-state index contributed by atoms with van der Waals surface area (Å²) in [6.45, 7) is 7.25. The molecule has 0 aromatic rings. The molecular weight excluding hydrogens is 242 g/mol. The van der Waals surface area contributed by atoms with E-state index in [4.69, 9.17) is 5.11 Å². The molecule has 2 aliphatic rings. The van der Waals surface area contributed by atoms with Gasteiger partial charge in [-0.15, -0.1) is 0 Å². The molecule has 2 fully saturated rings. The summed E-state index contributed by atoms with van der Waals surface area (Å²) in [5.41, 5.74) is 0.337. The van der Waals surface area contributed by atoms with E-state index in [0.717, 1.165) is 31.6 Å². The third kappa shape index (κ3) is 3.10. The predicted octanol–water partition coefficient (Wildman–Crippen LogP) is 2.52. The first-order valence-electron chi connectivity index (χ1n) is 7.31. The Hall–Kier alpha value is -1.06. The second kappa shape index (κ2) is 5.14. The first-order valence-corrected chi connectivity index (χ1v) is 7.31. The molecule has 2 rings (SSSR count). The quantitative estimate of drug-likeness (QED) is 0.836. The summed E-state index contributed by atoms with van der Waals surface area (Å²) >= 11 is 0. The van der Waals surface area contributed by atoms with Gasteiger partial charge < -0.3 is 10.0 Å². The zero-order chi connectivity index (χ0) is 14.2. The van der Waals surface area contributed by atoms with E-state index in [-0.39, 0.29) is 18.4 Å². The van der Waals surface area contributed by atoms with E-state index in [2.05, 4.69) is 20.8 Å². The summed E-state index contributed by atoms with van der Waals surface area (Å²) in [4.78, 5) is 24.7. The summed E-state index contributed by atoms with van der Waals surface area (Å²) in [6.07, 6.45) is 4.54. The lowest BCUT2D eigenvalue weighted by Crippen LogP contribution is -2.41. The van der Waals surface area contributed by atoms with Crippen molar-refractivity contribution in [2.45, 2.75) is 58.9 Å². The minimum Gasteiger partial charge on any atom is -0.481 e. The third-order valence-electron chi connectivity index (χ3n) is 4.87. The fourth-order valence-electron chi connectivity index (χ4n) is 3.50. The van der Waals surface area contributed by atoms with Crippen LogP contribution < -0.4 is 0 Å². The van der Waals surface area contributed by atoms with Crippen LogP contribution in [0, 0.1) is 17.3 Å². The predicted molar refractivity (Wildman–Crippen MR) is 72.7 cm³/mol. The monoisotopic (exact) mass is 267 g/mol. The van der Waals surface area contributed by atoms with Crippen LogP contribution in [0.3, 0.4) is 0 Å². The molecule has 0 aromatic carbocycles. The van der Waals surface area contributed by atoms with Gasteiger partial charge in [-0.3, -0.25) is 9.59 Å². The van der Waals surface area contributed by atoms with Gasteiger partial charge >= 0.3 is 5.97 Å². The van der Waals surface area contributed by atoms with Crippen LogP contribution in [0.1, 0.15) is 52.9 Å². The molecule has 0 spiro atoms. The number of carbonyl (C=O) groups is 2. The van der Waals surface area contributed by atoms with Crippen LogP contribution in [-0.4, -0.2) is 34.5 Å². The SMILES string of the molecule is CC(C)(C)C1CCC(N2C[C@H](C(=O)O)CC2=O)CC1. The van der Waals surface area contributed by atoms with E-state index in [1.807, 2.05) is 4.90 Å². The van der Waals surface area contributed by atoms with Gasteiger partial charge in [-0.25, -0.2) is 0 Å². The maximum atomic E-state index is 11.9. The number of likely N-dealkylation sites (tertiary alicyclic amines) is 1. The zero-order valence-electron chi connectivity index (χ0n) is 12.2. The Kier molecular flexibility index (Phi) is 3.88. The van der Waals surface area contributed by atoms with Gasteiger partial charge in [-0.1, -0.05) is 20.8 Å². The van der Waals surface area contributed by atoms with Crippen LogP contribution >= 0.6 is 0 Å². The van der Waals surface area contributed by atoms with Crippen LogP contribution in [0.25, 0.3) is 0 Å². The fourth-order valence-corrected chi connectivity index (χ4v) is 3.50. The van der Waals surface area contributed by atoms with Gasteiger partial charge in [0.2, 0.25) is 5.91 Å². The van der Waals surface area contributed by atoms with E-state index in [1.54, 1.807) is 0 Å². The highest BCUT2D eigenvalue weighted by atomic mass is 16.4. The normalized spacial score (nSPS) is 32.7. The topological polar surface area (TPSA) is 57.6 Å². The number of nitrogens with zero attached hydrogens (tertiary/aromatic N) is 1. The van der Waals surface area contributed by atoms with Crippen molar-refractivity contribution in [2.24, 2.45) is 17.3 Å². The molecule has 1 saturated heterocycles. The third-order valence-corrected chi connectivity index (χ3v) is 4.87. The number of hydrogen-bond donors (Lipinski definition) is 1. The van der Waals surface area contributed by atoms with Gasteiger partial charge in [0.1, 0.15) is 0 Å². The van der Waals surface area contributed by atoms with Gasteiger partial charge in [0, 0.05) is 19.0 Å². The molecule has 108 valence electrons. The molecule has 4 heteroatoms. The number of hydrogen-bond acceptors (Lipinski definition) is 2. The van der Waals surface area contributed by atoms with E-state index < -0.39 is 11.9 Å². The Morgan fingerprint density at radius 1 is 1.21 bits per heavy atom. The molecule has 0 unspecified atom stereocenters. The Morgan fingerprint density at radius 3 is 2.21 bits per heavy atom. The maximum absolute atomic E-state index is 11.9. The van der Waals surface area contributed by atoms with Crippen molar-refractivity contribution in [1.29, 1.82) is 0 Å². The highest BCUT2D eigenvalue weighted by Crippen LogP contribution is 2.40. The molecule has 1 heterocycles. The Bertz CT molecular complexity index is 364. The standard InChI is InChI=1S/C15H25NO3/c1-15(2,3)11-4-6-12(7-5-11)16-9-10(14(18)19)8-13(16)17/h10-12H,4-9H2,1-3H3,(H,18,19)/t10-,11?,12?/m1/s1. The molecular formula is C15H25NO3. The second-order valence-corrected chi connectivity index (χ2v) is 7.16. The van der Waals surface area contributed by atoms with Crippen molar-refractivity contribution < 1.29 is 14.7 Å². The van der Waals surface area contributed by atoms with Crippen LogP contribution in [-0.2, 0) is 9.59 Å². The van der Waals surface area contributed by atoms with Gasteiger partial charge in [0.05, 0.1) is 5.92 Å². The summed E-state index contributed by atoms with van der Waals surface area (Å²) in [5, 5.41) is 9.02. The number of carboxylic acids is 1. The maximum Gasteiger partial charge on any atom is 0.308 e. The number of aliphatic carboxylic acids is 1. The molecule has 19 heavy (non-hydrogen) atoms. The minimum atomic E-state index is -0.834. The van der Waals surface area contributed by atoms with Crippen molar-refractivity contribution in [1.82, 2.24) is 4.90 Å². The molecule has 1 aliphatic heterocycles. The largest absolute Gasteiger partial charge is 0.481 e. The van der Waals surface area contributed by atoms with Gasteiger partial charge in [0.15, 0.2) is 0 Å². The van der Waals surface area contributed by atoms with Crippen LogP contribution in [0.2, 0.25) is 0 Å². The van der Waals surface area contributed by atoms with Gasteiger partial charge in [-0.2, -0.15) is 0 Å². The molecule has 4 nitrogen and oxygen atoms in total. The lowest BCUT2D eigenvalue weighted by atomic mass is 9.71. The lowest BCUT2D eigenvalue weighted by molar-refractivity contribution is -0.141. The number of carbonyl (C=O) groups excluding carboxylic acids is 1. The fraction of sp³-hybridized carbons (Fsp3) is 0.867. The second-order valence-electron chi connectivity index (χ2n) is 7.16. The van der Waals surface area contributed by atoms with Crippen molar-refractivity contribution in [3.8, 4) is 0 Å². The molecule has 0 aromatic heterocycles. The minimum absolute atomic E-state index is 0.0339. The van der Waals surface area contributed by atoms with Crippen LogP contribution in [0.15, 0.2) is 0 Å². The Labute approximate surface area is 115 Å². The smallest absolute Gasteiger partial charge is 0.308 e. The van der Waals surface area contributed by atoms with E-state index in [0.29, 0.717) is 12.0 Å². The van der Waals surface area contributed by atoms with Gasteiger partial charge in [-0.05, 0) is 37.0 Å². The highest BCUT2D eigenvalue weighted by molar-refractivity contribution is 5.86. The summed E-state index contributed by atoms with van der Waals surface area (Å²) in [7, 11) is 0. The van der Waals surface area contributed by atoms with Crippen LogP contribution in [0.4, 0.5) is 0 Å². The Morgan fingerprint density at radius 2 is 1.79 bits per heavy atom. The summed E-state index contributed by atoms with van der Waals surface area (Å²) in [5.74, 6) is -0.574. The Balaban J connectivity index is 1.92.